The maximum atomic E-state index is 11.8. The molecule has 3 N–H and O–H groups in total. The lowest BCUT2D eigenvalue weighted by Gasteiger charge is -2.12. The number of pyridine rings is 1. The van der Waals surface area contributed by atoms with Crippen molar-refractivity contribution in [2.24, 2.45) is 5.73 Å². The van der Waals surface area contributed by atoms with E-state index in [9.17, 15) is 4.79 Å². The molecule has 2 aromatic rings. The number of carbonyl (C=O) groups excluding carboxylic acids is 1. The Bertz CT molecular complexity index is 642. The SMILES string of the molecule is COc1cccc(-c2ccc(C(=O)NCCN)nc2)c1OC. The average Bonchev–Trinajstić information content (AvgIpc) is 2.58. The number of methoxy groups -OCH3 is 2. The van der Waals surface area contributed by atoms with Crippen molar-refractivity contribution in [2.45, 2.75) is 0 Å². The molecule has 0 spiro atoms. The van der Waals surface area contributed by atoms with Crippen LogP contribution in [0.25, 0.3) is 11.1 Å². The normalized spacial score (nSPS) is 10.1. The first kappa shape index (κ1) is 15.8. The van der Waals surface area contributed by atoms with Crippen LogP contribution in [0.15, 0.2) is 36.5 Å². The van der Waals surface area contributed by atoms with Crippen LogP contribution in [0.3, 0.4) is 0 Å². The maximum absolute atomic E-state index is 11.8. The Morgan fingerprint density at radius 2 is 2.05 bits per heavy atom. The van der Waals surface area contributed by atoms with E-state index in [-0.39, 0.29) is 5.91 Å². The molecule has 0 saturated heterocycles. The van der Waals surface area contributed by atoms with E-state index in [1.165, 1.54) is 0 Å². The molecule has 0 unspecified atom stereocenters. The molecule has 0 saturated carbocycles. The zero-order valence-electron chi connectivity index (χ0n) is 12.6. The molecule has 0 bridgehead atoms. The van der Waals surface area contributed by atoms with Crippen LogP contribution in [0, 0.1) is 0 Å². The van der Waals surface area contributed by atoms with Gasteiger partial charge in [-0.25, -0.2) is 0 Å². The van der Waals surface area contributed by atoms with Crippen LogP contribution in [0.2, 0.25) is 0 Å². The Kier molecular flexibility index (Phi) is 5.32. The Hall–Kier alpha value is -2.60. The van der Waals surface area contributed by atoms with Gasteiger partial charge in [-0.2, -0.15) is 0 Å². The van der Waals surface area contributed by atoms with E-state index >= 15 is 0 Å². The highest BCUT2D eigenvalue weighted by Gasteiger charge is 2.12. The Labute approximate surface area is 129 Å². The molecule has 0 radical (unpaired) electrons. The van der Waals surface area contributed by atoms with Crippen molar-refractivity contribution in [3.8, 4) is 22.6 Å². The zero-order valence-corrected chi connectivity index (χ0v) is 12.6. The number of rotatable bonds is 6. The minimum atomic E-state index is -0.241. The number of carbonyl (C=O) groups is 1. The molecule has 22 heavy (non-hydrogen) atoms. The summed E-state index contributed by atoms with van der Waals surface area (Å²) >= 11 is 0. The molecule has 1 aromatic heterocycles. The summed E-state index contributed by atoms with van der Waals surface area (Å²) in [6, 6.07) is 9.09. The fourth-order valence-electron chi connectivity index (χ4n) is 2.08. The van der Waals surface area contributed by atoms with Crippen LogP contribution >= 0.6 is 0 Å². The second kappa shape index (κ2) is 7.42. The Balaban J connectivity index is 2.29. The third-order valence-electron chi connectivity index (χ3n) is 3.14. The van der Waals surface area contributed by atoms with Gasteiger partial charge in [0.1, 0.15) is 5.69 Å². The van der Waals surface area contributed by atoms with Gasteiger partial charge in [-0.1, -0.05) is 18.2 Å². The molecular formula is C16H19N3O3. The van der Waals surface area contributed by atoms with Crippen molar-refractivity contribution < 1.29 is 14.3 Å². The van der Waals surface area contributed by atoms with Crippen LogP contribution in [0.4, 0.5) is 0 Å². The lowest BCUT2D eigenvalue weighted by molar-refractivity contribution is 0.0950. The van der Waals surface area contributed by atoms with Crippen LogP contribution in [-0.4, -0.2) is 38.2 Å². The van der Waals surface area contributed by atoms with Gasteiger partial charge in [0.15, 0.2) is 11.5 Å². The smallest absolute Gasteiger partial charge is 0.269 e. The van der Waals surface area contributed by atoms with Crippen LogP contribution in [0.5, 0.6) is 11.5 Å². The first-order valence-corrected chi connectivity index (χ1v) is 6.87. The predicted octanol–water partition coefficient (Wildman–Crippen LogP) is 1.45. The predicted molar refractivity (Wildman–Crippen MR) is 84.2 cm³/mol. The molecular weight excluding hydrogens is 282 g/mol. The molecule has 2 rings (SSSR count). The quantitative estimate of drug-likeness (QED) is 0.843. The molecule has 0 fully saturated rings. The highest BCUT2D eigenvalue weighted by molar-refractivity contribution is 5.92. The summed E-state index contributed by atoms with van der Waals surface area (Å²) < 4.78 is 10.7. The summed E-state index contributed by atoms with van der Waals surface area (Å²) in [5.74, 6) is 1.03. The van der Waals surface area contributed by atoms with Gasteiger partial charge in [0.2, 0.25) is 0 Å². The van der Waals surface area contributed by atoms with Gasteiger partial charge >= 0.3 is 0 Å². The standard InChI is InChI=1S/C16H19N3O3/c1-21-14-5-3-4-12(15(14)22-2)11-6-7-13(19-10-11)16(20)18-9-8-17/h3-7,10H,8-9,17H2,1-2H3,(H,18,20). The molecule has 1 aromatic carbocycles. The van der Waals surface area contributed by atoms with Gasteiger partial charge in [0.25, 0.3) is 5.91 Å². The third kappa shape index (κ3) is 3.35. The van der Waals surface area contributed by atoms with Crippen molar-refractivity contribution >= 4 is 5.91 Å². The van der Waals surface area contributed by atoms with E-state index in [0.29, 0.717) is 30.3 Å². The van der Waals surface area contributed by atoms with Gasteiger partial charge in [-0.3, -0.25) is 9.78 Å². The fourth-order valence-corrected chi connectivity index (χ4v) is 2.08. The van der Waals surface area contributed by atoms with Crippen molar-refractivity contribution in [1.29, 1.82) is 0 Å². The number of aromatic nitrogens is 1. The number of hydrogen-bond donors (Lipinski definition) is 2. The van der Waals surface area contributed by atoms with Crippen LogP contribution < -0.4 is 20.5 Å². The second-order valence-corrected chi connectivity index (χ2v) is 4.52. The number of para-hydroxylation sites is 1. The molecule has 6 nitrogen and oxygen atoms in total. The topological polar surface area (TPSA) is 86.5 Å². The number of benzene rings is 1. The number of nitrogens with zero attached hydrogens (tertiary/aromatic N) is 1. The zero-order chi connectivity index (χ0) is 15.9. The summed E-state index contributed by atoms with van der Waals surface area (Å²) in [5, 5.41) is 2.68. The Morgan fingerprint density at radius 3 is 2.64 bits per heavy atom. The second-order valence-electron chi connectivity index (χ2n) is 4.52. The van der Waals surface area contributed by atoms with Gasteiger partial charge in [0, 0.05) is 30.4 Å². The summed E-state index contributed by atoms with van der Waals surface area (Å²) in [5.41, 5.74) is 7.39. The first-order valence-electron chi connectivity index (χ1n) is 6.87. The van der Waals surface area contributed by atoms with Gasteiger partial charge in [-0.05, 0) is 12.1 Å². The number of nitrogens with one attached hydrogen (secondary N) is 1. The number of ether oxygens (including phenoxy) is 2. The molecule has 0 atom stereocenters. The third-order valence-corrected chi connectivity index (χ3v) is 3.14. The van der Waals surface area contributed by atoms with Crippen molar-refractivity contribution in [3.05, 3.63) is 42.2 Å². The van der Waals surface area contributed by atoms with E-state index in [2.05, 4.69) is 10.3 Å². The molecule has 6 heteroatoms. The van der Waals surface area contributed by atoms with E-state index < -0.39 is 0 Å². The summed E-state index contributed by atoms with van der Waals surface area (Å²) in [4.78, 5) is 16.0. The number of amides is 1. The Morgan fingerprint density at radius 1 is 1.23 bits per heavy atom. The fraction of sp³-hybridized carbons (Fsp3) is 0.250. The summed E-state index contributed by atoms with van der Waals surface area (Å²) in [6.45, 7) is 0.816. The maximum Gasteiger partial charge on any atom is 0.269 e. The van der Waals surface area contributed by atoms with E-state index in [1.54, 1.807) is 26.5 Å². The van der Waals surface area contributed by atoms with E-state index in [0.717, 1.165) is 11.1 Å². The number of nitrogens with two attached hydrogens (primary N) is 1. The molecule has 1 heterocycles. The minimum absolute atomic E-state index is 0.241. The van der Waals surface area contributed by atoms with E-state index in [1.807, 2.05) is 24.3 Å². The highest BCUT2D eigenvalue weighted by atomic mass is 16.5. The number of hydrogen-bond acceptors (Lipinski definition) is 5. The van der Waals surface area contributed by atoms with Crippen LogP contribution in [-0.2, 0) is 0 Å². The van der Waals surface area contributed by atoms with Crippen LogP contribution in [0.1, 0.15) is 10.5 Å². The van der Waals surface area contributed by atoms with Crippen molar-refractivity contribution in [1.82, 2.24) is 10.3 Å². The first-order chi connectivity index (χ1) is 10.7. The molecule has 0 aliphatic carbocycles. The summed E-state index contributed by atoms with van der Waals surface area (Å²) in [6.07, 6.45) is 1.63. The van der Waals surface area contributed by atoms with Crippen molar-refractivity contribution in [3.63, 3.8) is 0 Å². The van der Waals surface area contributed by atoms with Gasteiger partial charge in [0.05, 0.1) is 14.2 Å². The largest absolute Gasteiger partial charge is 0.493 e. The monoisotopic (exact) mass is 301 g/mol. The van der Waals surface area contributed by atoms with Gasteiger partial charge in [-0.15, -0.1) is 0 Å². The molecule has 0 aliphatic heterocycles. The minimum Gasteiger partial charge on any atom is -0.493 e. The van der Waals surface area contributed by atoms with Gasteiger partial charge < -0.3 is 20.5 Å². The molecule has 116 valence electrons. The lowest BCUT2D eigenvalue weighted by Crippen LogP contribution is -2.29. The van der Waals surface area contributed by atoms with Crippen molar-refractivity contribution in [2.75, 3.05) is 27.3 Å². The lowest BCUT2D eigenvalue weighted by atomic mass is 10.1. The highest BCUT2D eigenvalue weighted by Crippen LogP contribution is 2.37. The van der Waals surface area contributed by atoms with E-state index in [4.69, 9.17) is 15.2 Å². The average molecular weight is 301 g/mol. The molecule has 0 aliphatic rings. The summed E-state index contributed by atoms with van der Waals surface area (Å²) in [7, 11) is 3.17. The molecule has 1 amide bonds.